The van der Waals surface area contributed by atoms with Gasteiger partial charge in [0.2, 0.25) is 5.91 Å². The van der Waals surface area contributed by atoms with E-state index in [1.165, 1.54) is 12.1 Å². The van der Waals surface area contributed by atoms with Crippen LogP contribution in [0, 0.1) is 5.82 Å². The van der Waals surface area contributed by atoms with Crippen LogP contribution in [0.1, 0.15) is 36.9 Å². The van der Waals surface area contributed by atoms with Gasteiger partial charge in [-0.25, -0.2) is 9.18 Å². The fourth-order valence-electron chi connectivity index (χ4n) is 3.36. The number of carbonyl (C=O) groups is 2. The molecule has 3 rings (SSSR count). The van der Waals surface area contributed by atoms with Crippen LogP contribution in [0.15, 0.2) is 48.7 Å². The van der Waals surface area contributed by atoms with Crippen molar-refractivity contribution in [3.05, 3.63) is 65.7 Å². The van der Waals surface area contributed by atoms with E-state index >= 15 is 0 Å². The summed E-state index contributed by atoms with van der Waals surface area (Å²) in [5.41, 5.74) is 1.29. The number of nitrogens with one attached hydrogen (secondary N) is 1. The summed E-state index contributed by atoms with van der Waals surface area (Å²) in [6, 6.07) is 11.3. The van der Waals surface area contributed by atoms with Gasteiger partial charge in [0, 0.05) is 25.3 Å². The van der Waals surface area contributed by atoms with Gasteiger partial charge >= 0.3 is 6.09 Å². The molecule has 2 aromatic rings. The molecule has 2 amide bonds. The van der Waals surface area contributed by atoms with Crippen molar-refractivity contribution in [2.24, 2.45) is 0 Å². The molecule has 1 saturated heterocycles. The molecule has 7 heteroatoms. The van der Waals surface area contributed by atoms with Crippen molar-refractivity contribution in [1.82, 2.24) is 15.2 Å². The fourth-order valence-corrected chi connectivity index (χ4v) is 3.36. The van der Waals surface area contributed by atoms with E-state index in [1.54, 1.807) is 42.3 Å². The molecule has 1 fully saturated rings. The Morgan fingerprint density at radius 1 is 1.21 bits per heavy atom. The van der Waals surface area contributed by atoms with E-state index in [0.717, 1.165) is 0 Å². The number of likely N-dealkylation sites (tertiary alicyclic amines) is 1. The first-order valence-electron chi connectivity index (χ1n) is 9.47. The van der Waals surface area contributed by atoms with Crippen molar-refractivity contribution in [3.8, 4) is 0 Å². The quantitative estimate of drug-likeness (QED) is 0.859. The number of rotatable bonds is 5. The van der Waals surface area contributed by atoms with Gasteiger partial charge in [0.05, 0.1) is 12.3 Å². The predicted octanol–water partition coefficient (Wildman–Crippen LogP) is 3.09. The van der Waals surface area contributed by atoms with Crippen LogP contribution in [-0.2, 0) is 9.53 Å². The summed E-state index contributed by atoms with van der Waals surface area (Å²) in [5, 5.41) is 3.07. The van der Waals surface area contributed by atoms with E-state index in [0.29, 0.717) is 43.8 Å². The summed E-state index contributed by atoms with van der Waals surface area (Å²) in [6.45, 7) is 3.19. The Balaban J connectivity index is 1.69. The lowest BCUT2D eigenvalue weighted by atomic mass is 9.93. The largest absolute Gasteiger partial charge is 0.450 e. The number of ether oxygens (including phenoxy) is 1. The number of pyridine rings is 1. The molecule has 0 aliphatic carbocycles. The molecule has 1 N–H and O–H groups in total. The van der Waals surface area contributed by atoms with E-state index in [1.807, 2.05) is 6.07 Å². The zero-order chi connectivity index (χ0) is 19.9. The van der Waals surface area contributed by atoms with Crippen LogP contribution in [-0.4, -0.2) is 47.6 Å². The third-order valence-corrected chi connectivity index (χ3v) is 4.82. The molecule has 0 bridgehead atoms. The molecule has 1 aromatic carbocycles. The van der Waals surface area contributed by atoms with Gasteiger partial charge in [-0.2, -0.15) is 0 Å². The molecule has 1 aliphatic rings. The molecule has 28 heavy (non-hydrogen) atoms. The van der Waals surface area contributed by atoms with Crippen LogP contribution in [0.3, 0.4) is 0 Å². The number of piperidine rings is 1. The van der Waals surface area contributed by atoms with Crippen LogP contribution >= 0.6 is 0 Å². The summed E-state index contributed by atoms with van der Waals surface area (Å²) < 4.78 is 18.3. The molecule has 148 valence electrons. The minimum Gasteiger partial charge on any atom is -0.450 e. The molecule has 1 aliphatic heterocycles. The summed E-state index contributed by atoms with van der Waals surface area (Å²) >= 11 is 0. The zero-order valence-corrected chi connectivity index (χ0v) is 15.8. The van der Waals surface area contributed by atoms with Gasteiger partial charge in [0.1, 0.15) is 11.7 Å². The first-order chi connectivity index (χ1) is 13.6. The van der Waals surface area contributed by atoms with Gasteiger partial charge in [-0.15, -0.1) is 0 Å². The number of benzene rings is 1. The first-order valence-corrected chi connectivity index (χ1v) is 9.47. The monoisotopic (exact) mass is 385 g/mol. The molecule has 1 unspecified atom stereocenters. The van der Waals surface area contributed by atoms with Crippen molar-refractivity contribution < 1.29 is 18.7 Å². The third-order valence-electron chi connectivity index (χ3n) is 4.82. The molecule has 2 heterocycles. The lowest BCUT2D eigenvalue weighted by Crippen LogP contribution is -2.47. The number of halogens is 1. The Morgan fingerprint density at radius 3 is 2.54 bits per heavy atom. The topological polar surface area (TPSA) is 71.5 Å². The maximum atomic E-state index is 13.3. The van der Waals surface area contributed by atoms with Gasteiger partial charge in [0.25, 0.3) is 0 Å². The maximum absolute atomic E-state index is 13.3. The number of hydrogen-bond acceptors (Lipinski definition) is 4. The van der Waals surface area contributed by atoms with Gasteiger partial charge in [0.15, 0.2) is 0 Å². The van der Waals surface area contributed by atoms with Crippen molar-refractivity contribution in [2.75, 3.05) is 19.7 Å². The maximum Gasteiger partial charge on any atom is 0.409 e. The first kappa shape index (κ1) is 19.8. The van der Waals surface area contributed by atoms with Crippen LogP contribution < -0.4 is 5.32 Å². The lowest BCUT2D eigenvalue weighted by molar-refractivity contribution is -0.122. The Morgan fingerprint density at radius 2 is 1.93 bits per heavy atom. The highest BCUT2D eigenvalue weighted by atomic mass is 19.1. The highest BCUT2D eigenvalue weighted by Gasteiger charge is 2.29. The lowest BCUT2D eigenvalue weighted by Gasteiger charge is -2.32. The fraction of sp³-hybridized carbons (Fsp3) is 0.381. The third kappa shape index (κ3) is 4.85. The second-order valence-electron chi connectivity index (χ2n) is 6.71. The summed E-state index contributed by atoms with van der Waals surface area (Å²) in [5.74, 6) is -1.15. The van der Waals surface area contributed by atoms with E-state index in [9.17, 15) is 14.0 Å². The molecule has 0 saturated carbocycles. The second kappa shape index (κ2) is 9.30. The van der Waals surface area contributed by atoms with Gasteiger partial charge in [-0.05, 0) is 49.6 Å². The van der Waals surface area contributed by atoms with Gasteiger partial charge < -0.3 is 15.0 Å². The number of hydrogen-bond donors (Lipinski definition) is 1. The Hall–Kier alpha value is -2.96. The standard InChI is InChI=1S/C21H24FN3O3/c1-2-28-21(27)25-13-10-17(11-14-25)24-20(26)19(18-5-3-4-12-23-18)15-6-8-16(22)9-7-15/h3-9,12,17,19H,2,10-11,13-14H2,1H3,(H,24,26). The number of nitrogens with zero attached hydrogens (tertiary/aromatic N) is 2. The van der Waals surface area contributed by atoms with Crippen molar-refractivity contribution in [3.63, 3.8) is 0 Å². The summed E-state index contributed by atoms with van der Waals surface area (Å²) in [7, 11) is 0. The van der Waals surface area contributed by atoms with E-state index in [4.69, 9.17) is 4.74 Å². The highest BCUT2D eigenvalue weighted by molar-refractivity contribution is 5.86. The average molecular weight is 385 g/mol. The number of amides is 2. The van der Waals surface area contributed by atoms with Crippen molar-refractivity contribution in [1.29, 1.82) is 0 Å². The van der Waals surface area contributed by atoms with Gasteiger partial charge in [-0.1, -0.05) is 18.2 Å². The number of aromatic nitrogens is 1. The zero-order valence-electron chi connectivity index (χ0n) is 15.8. The molecule has 1 atom stereocenters. The summed E-state index contributed by atoms with van der Waals surface area (Å²) in [6.07, 6.45) is 2.63. The molecular weight excluding hydrogens is 361 g/mol. The van der Waals surface area contributed by atoms with Crippen LogP contribution in [0.4, 0.5) is 9.18 Å². The number of carbonyl (C=O) groups excluding carboxylic acids is 2. The van der Waals surface area contributed by atoms with Gasteiger partial charge in [-0.3, -0.25) is 9.78 Å². The Labute approximate surface area is 163 Å². The minimum absolute atomic E-state index is 0.0372. The summed E-state index contributed by atoms with van der Waals surface area (Å²) in [4.78, 5) is 30.9. The van der Waals surface area contributed by atoms with Crippen molar-refractivity contribution >= 4 is 12.0 Å². The van der Waals surface area contributed by atoms with E-state index in [-0.39, 0.29) is 23.9 Å². The molecule has 0 radical (unpaired) electrons. The molecular formula is C21H24FN3O3. The second-order valence-corrected chi connectivity index (χ2v) is 6.71. The molecule has 6 nitrogen and oxygen atoms in total. The average Bonchev–Trinajstić information content (AvgIpc) is 2.71. The smallest absolute Gasteiger partial charge is 0.409 e. The molecule has 1 aromatic heterocycles. The van der Waals surface area contributed by atoms with Crippen LogP contribution in [0.5, 0.6) is 0 Å². The highest BCUT2D eigenvalue weighted by Crippen LogP contribution is 2.24. The normalized spacial score (nSPS) is 15.7. The predicted molar refractivity (Wildman–Crippen MR) is 102 cm³/mol. The molecule has 0 spiro atoms. The van der Waals surface area contributed by atoms with E-state index < -0.39 is 5.92 Å². The van der Waals surface area contributed by atoms with Crippen molar-refractivity contribution in [2.45, 2.75) is 31.7 Å². The van der Waals surface area contributed by atoms with E-state index in [2.05, 4.69) is 10.3 Å². The van der Waals surface area contributed by atoms with Crippen LogP contribution in [0.2, 0.25) is 0 Å². The Bertz CT molecular complexity index is 790. The SMILES string of the molecule is CCOC(=O)N1CCC(NC(=O)C(c2ccc(F)cc2)c2ccccn2)CC1. The minimum atomic E-state index is -0.620. The Kier molecular flexibility index (Phi) is 6.57. The van der Waals surface area contributed by atoms with Crippen LogP contribution in [0.25, 0.3) is 0 Å².